The molecule has 1 saturated heterocycles. The third kappa shape index (κ3) is 3.65. The first-order valence-electron chi connectivity index (χ1n) is 7.06. The molecule has 0 aromatic rings. The van der Waals surface area contributed by atoms with E-state index in [0.29, 0.717) is 0 Å². The van der Waals surface area contributed by atoms with Crippen molar-refractivity contribution in [1.82, 2.24) is 5.32 Å². The Morgan fingerprint density at radius 1 is 1.24 bits per heavy atom. The van der Waals surface area contributed by atoms with E-state index in [4.69, 9.17) is 14.2 Å². The van der Waals surface area contributed by atoms with Gasteiger partial charge >= 0.3 is 12.1 Å². The predicted octanol–water partition coefficient (Wildman–Crippen LogP) is 1.50. The molecule has 2 rings (SSSR count). The number of aliphatic carboxylic acids is 1. The van der Waals surface area contributed by atoms with Crippen LogP contribution in [0.25, 0.3) is 0 Å². The third-order valence-electron chi connectivity index (χ3n) is 3.48. The highest BCUT2D eigenvalue weighted by molar-refractivity contribution is 5.73. The molecule has 21 heavy (non-hydrogen) atoms. The number of carbonyl (C=O) groups excluding carboxylic acids is 1. The lowest BCUT2D eigenvalue weighted by Gasteiger charge is -2.25. The fourth-order valence-corrected chi connectivity index (χ4v) is 2.82. The van der Waals surface area contributed by atoms with Gasteiger partial charge in [0, 0.05) is 0 Å². The van der Waals surface area contributed by atoms with Gasteiger partial charge in [-0.2, -0.15) is 0 Å². The molecule has 120 valence electrons. The highest BCUT2D eigenvalue weighted by Crippen LogP contribution is 2.41. The number of carboxylic acid groups (broad SMARTS) is 1. The van der Waals surface area contributed by atoms with Crippen molar-refractivity contribution >= 4 is 12.1 Å². The number of hydrogen-bond acceptors (Lipinski definition) is 5. The number of carboxylic acids is 1. The average Bonchev–Trinajstić information content (AvgIpc) is 2.70. The topological polar surface area (TPSA) is 94.1 Å². The van der Waals surface area contributed by atoms with Gasteiger partial charge in [-0.25, -0.2) is 4.79 Å². The number of rotatable bonds is 2. The first-order valence-corrected chi connectivity index (χ1v) is 7.06. The van der Waals surface area contributed by atoms with E-state index in [9.17, 15) is 14.7 Å². The van der Waals surface area contributed by atoms with Crippen LogP contribution in [0.2, 0.25) is 0 Å². The van der Waals surface area contributed by atoms with E-state index in [2.05, 4.69) is 5.32 Å². The van der Waals surface area contributed by atoms with Gasteiger partial charge in [0.1, 0.15) is 17.8 Å². The first kappa shape index (κ1) is 16.0. The number of carbonyl (C=O) groups is 2. The van der Waals surface area contributed by atoms with Gasteiger partial charge in [0.2, 0.25) is 0 Å². The quantitative estimate of drug-likeness (QED) is 0.803. The van der Waals surface area contributed by atoms with E-state index in [1.165, 1.54) is 0 Å². The van der Waals surface area contributed by atoms with Crippen molar-refractivity contribution < 1.29 is 28.9 Å². The number of fused-ring (bicyclic) bond motifs is 1. The molecule has 1 amide bonds. The van der Waals surface area contributed by atoms with Gasteiger partial charge in [0.25, 0.3) is 0 Å². The Labute approximate surface area is 123 Å². The number of nitrogens with one attached hydrogen (secondary N) is 1. The van der Waals surface area contributed by atoms with Gasteiger partial charge in [-0.1, -0.05) is 0 Å². The summed E-state index contributed by atoms with van der Waals surface area (Å²) in [5.41, 5.74) is -0.611. The van der Waals surface area contributed by atoms with E-state index in [1.54, 1.807) is 34.6 Å². The molecule has 1 heterocycles. The summed E-state index contributed by atoms with van der Waals surface area (Å²) in [6.07, 6.45) is -1.35. The van der Waals surface area contributed by atoms with Crippen LogP contribution in [-0.2, 0) is 19.0 Å². The number of ether oxygens (including phenoxy) is 3. The van der Waals surface area contributed by atoms with Crippen LogP contribution in [0.15, 0.2) is 0 Å². The first-order chi connectivity index (χ1) is 9.48. The average molecular weight is 301 g/mol. The van der Waals surface area contributed by atoms with Crippen LogP contribution in [0.5, 0.6) is 0 Å². The highest BCUT2D eigenvalue weighted by Gasteiger charge is 2.56. The molecular weight excluding hydrogens is 278 g/mol. The zero-order valence-corrected chi connectivity index (χ0v) is 13.0. The zero-order chi connectivity index (χ0) is 16.0. The van der Waals surface area contributed by atoms with E-state index >= 15 is 0 Å². The minimum Gasteiger partial charge on any atom is -0.481 e. The van der Waals surface area contributed by atoms with Crippen LogP contribution in [-0.4, -0.2) is 46.8 Å². The third-order valence-corrected chi connectivity index (χ3v) is 3.48. The molecule has 0 bridgehead atoms. The molecule has 0 aromatic heterocycles. The van der Waals surface area contributed by atoms with Gasteiger partial charge in [-0.3, -0.25) is 4.79 Å². The van der Waals surface area contributed by atoms with E-state index in [0.717, 1.165) is 0 Å². The van der Waals surface area contributed by atoms with Crippen LogP contribution >= 0.6 is 0 Å². The second kappa shape index (κ2) is 5.14. The van der Waals surface area contributed by atoms with Crippen molar-refractivity contribution in [1.29, 1.82) is 0 Å². The van der Waals surface area contributed by atoms with Gasteiger partial charge in [-0.05, 0) is 41.0 Å². The maximum Gasteiger partial charge on any atom is 0.407 e. The molecule has 0 aromatic carbocycles. The van der Waals surface area contributed by atoms with E-state index < -0.39 is 47.6 Å². The molecule has 2 fully saturated rings. The second-order valence-electron chi connectivity index (χ2n) is 7.00. The Hall–Kier alpha value is -1.34. The maximum absolute atomic E-state index is 11.9. The highest BCUT2D eigenvalue weighted by atomic mass is 16.8. The van der Waals surface area contributed by atoms with Crippen molar-refractivity contribution in [3.63, 3.8) is 0 Å². The van der Waals surface area contributed by atoms with Crippen LogP contribution in [0.3, 0.4) is 0 Å². The summed E-state index contributed by atoms with van der Waals surface area (Å²) in [6, 6.07) is -0.437. The predicted molar refractivity (Wildman–Crippen MR) is 72.7 cm³/mol. The number of hydrogen-bond donors (Lipinski definition) is 2. The van der Waals surface area contributed by atoms with Crippen molar-refractivity contribution in [3.8, 4) is 0 Å². The minimum absolute atomic E-state index is 0.264. The summed E-state index contributed by atoms with van der Waals surface area (Å²) in [5.74, 6) is -2.49. The molecule has 2 aliphatic rings. The molecule has 7 heteroatoms. The van der Waals surface area contributed by atoms with Gasteiger partial charge in [0.05, 0.1) is 12.0 Å². The largest absolute Gasteiger partial charge is 0.481 e. The van der Waals surface area contributed by atoms with Crippen molar-refractivity contribution in [2.75, 3.05) is 0 Å². The van der Waals surface area contributed by atoms with E-state index in [1.807, 2.05) is 0 Å². The van der Waals surface area contributed by atoms with Crippen molar-refractivity contribution in [2.45, 2.75) is 70.7 Å². The monoisotopic (exact) mass is 301 g/mol. The zero-order valence-electron chi connectivity index (χ0n) is 13.0. The Balaban J connectivity index is 2.07. The van der Waals surface area contributed by atoms with Crippen LogP contribution in [0, 0.1) is 5.92 Å². The minimum atomic E-state index is -0.945. The summed E-state index contributed by atoms with van der Waals surface area (Å²) < 4.78 is 16.6. The van der Waals surface area contributed by atoms with Crippen LogP contribution < -0.4 is 5.32 Å². The number of amides is 1. The molecule has 0 radical (unpaired) electrons. The lowest BCUT2D eigenvalue weighted by molar-refractivity contribution is -0.166. The summed E-state index contributed by atoms with van der Waals surface area (Å²) >= 11 is 0. The molecule has 0 spiro atoms. The fourth-order valence-electron chi connectivity index (χ4n) is 2.82. The Bertz CT molecular complexity index is 441. The van der Waals surface area contributed by atoms with E-state index in [-0.39, 0.29) is 6.42 Å². The SMILES string of the molecule is CC(C)(C)OC(=O)NC1CC(C(=O)O)C2OC(C)(C)OC12. The van der Waals surface area contributed by atoms with Crippen molar-refractivity contribution in [3.05, 3.63) is 0 Å². The summed E-state index contributed by atoms with van der Waals surface area (Å²) in [4.78, 5) is 23.2. The molecule has 1 saturated carbocycles. The Morgan fingerprint density at radius 3 is 2.33 bits per heavy atom. The van der Waals surface area contributed by atoms with Crippen LogP contribution in [0.4, 0.5) is 4.79 Å². The smallest absolute Gasteiger partial charge is 0.407 e. The number of alkyl carbamates (subject to hydrolysis) is 1. The Morgan fingerprint density at radius 2 is 1.81 bits per heavy atom. The molecular formula is C14H23NO6. The molecule has 7 nitrogen and oxygen atoms in total. The summed E-state index contributed by atoms with van der Waals surface area (Å²) in [6.45, 7) is 8.76. The summed E-state index contributed by atoms with van der Waals surface area (Å²) in [7, 11) is 0. The molecule has 1 aliphatic carbocycles. The molecule has 4 unspecified atom stereocenters. The second-order valence-corrected chi connectivity index (χ2v) is 7.00. The summed E-state index contributed by atoms with van der Waals surface area (Å²) in [5, 5.41) is 12.0. The maximum atomic E-state index is 11.9. The fraction of sp³-hybridized carbons (Fsp3) is 0.857. The standard InChI is InChI=1S/C14H23NO6/c1-13(2,3)21-12(18)15-8-6-7(11(16)17)9-10(8)20-14(4,5)19-9/h7-10H,6H2,1-5H3,(H,15,18)(H,16,17). The normalized spacial score (nSPS) is 34.3. The van der Waals surface area contributed by atoms with Crippen molar-refractivity contribution in [2.24, 2.45) is 5.92 Å². The molecule has 4 atom stereocenters. The van der Waals surface area contributed by atoms with Gasteiger partial charge < -0.3 is 24.6 Å². The van der Waals surface area contributed by atoms with Crippen LogP contribution in [0.1, 0.15) is 41.0 Å². The molecule has 2 N–H and O–H groups in total. The Kier molecular flexibility index (Phi) is 3.92. The lowest BCUT2D eigenvalue weighted by Crippen LogP contribution is -2.45. The van der Waals surface area contributed by atoms with Gasteiger partial charge in [-0.15, -0.1) is 0 Å². The molecule has 1 aliphatic heterocycles. The van der Waals surface area contributed by atoms with Gasteiger partial charge in [0.15, 0.2) is 5.79 Å². The lowest BCUT2D eigenvalue weighted by atomic mass is 10.1.